The maximum Gasteiger partial charge on any atom is 0.141 e. The summed E-state index contributed by atoms with van der Waals surface area (Å²) >= 11 is 5.61. The van der Waals surface area contributed by atoms with Gasteiger partial charge in [0.05, 0.1) is 5.02 Å². The van der Waals surface area contributed by atoms with Crippen molar-refractivity contribution in [1.29, 1.82) is 0 Å². The second-order valence-corrected chi connectivity index (χ2v) is 3.18. The van der Waals surface area contributed by atoms with Crippen LogP contribution in [0.1, 0.15) is 12.0 Å². The molecule has 0 heterocycles. The molecule has 1 aromatic carbocycles. The molecule has 1 nitrogen and oxygen atoms in total. The van der Waals surface area contributed by atoms with Crippen LogP contribution in [0.3, 0.4) is 0 Å². The van der Waals surface area contributed by atoms with Crippen molar-refractivity contribution < 1.29 is 4.39 Å². The van der Waals surface area contributed by atoms with Gasteiger partial charge in [-0.3, -0.25) is 0 Å². The molecule has 0 fully saturated rings. The molecule has 0 aliphatic rings. The standard InChI is InChI=1S/C10H11ClFN/c1-7(4-5-13)8-2-3-10(12)9(11)6-8/h2-3,6H,1,4-5,13H2. The highest BCUT2D eigenvalue weighted by molar-refractivity contribution is 6.30. The molecule has 0 saturated heterocycles. The Morgan fingerprint density at radius 2 is 2.23 bits per heavy atom. The lowest BCUT2D eigenvalue weighted by Crippen LogP contribution is -1.99. The molecule has 3 heteroatoms. The molecule has 0 aliphatic heterocycles. The fourth-order valence-electron chi connectivity index (χ4n) is 1.03. The fraction of sp³-hybridized carbons (Fsp3) is 0.200. The molecule has 1 aromatic rings. The minimum absolute atomic E-state index is 0.121. The van der Waals surface area contributed by atoms with E-state index in [9.17, 15) is 4.39 Å². The summed E-state index contributed by atoms with van der Waals surface area (Å²) in [5.41, 5.74) is 7.09. The molecular weight excluding hydrogens is 189 g/mol. The highest BCUT2D eigenvalue weighted by atomic mass is 35.5. The lowest BCUT2D eigenvalue weighted by atomic mass is 10.1. The molecule has 0 radical (unpaired) electrons. The average Bonchev–Trinajstić information content (AvgIpc) is 2.10. The minimum atomic E-state index is -0.411. The molecule has 0 atom stereocenters. The topological polar surface area (TPSA) is 26.0 Å². The smallest absolute Gasteiger partial charge is 0.141 e. The summed E-state index contributed by atoms with van der Waals surface area (Å²) in [6, 6.07) is 4.55. The monoisotopic (exact) mass is 199 g/mol. The molecule has 0 saturated carbocycles. The van der Waals surface area contributed by atoms with Crippen molar-refractivity contribution in [3.05, 3.63) is 41.2 Å². The van der Waals surface area contributed by atoms with Crippen LogP contribution in [0.4, 0.5) is 4.39 Å². The van der Waals surface area contributed by atoms with E-state index in [1.54, 1.807) is 12.1 Å². The zero-order chi connectivity index (χ0) is 9.84. The van der Waals surface area contributed by atoms with E-state index in [2.05, 4.69) is 6.58 Å². The number of hydrogen-bond donors (Lipinski definition) is 1. The first-order valence-electron chi connectivity index (χ1n) is 3.98. The number of halogens is 2. The third-order valence-electron chi connectivity index (χ3n) is 1.77. The molecule has 0 amide bonds. The molecule has 70 valence electrons. The molecule has 0 spiro atoms. The van der Waals surface area contributed by atoms with Gasteiger partial charge in [-0.2, -0.15) is 0 Å². The van der Waals surface area contributed by atoms with Crippen molar-refractivity contribution in [2.75, 3.05) is 6.54 Å². The van der Waals surface area contributed by atoms with Gasteiger partial charge >= 0.3 is 0 Å². The van der Waals surface area contributed by atoms with Gasteiger partial charge < -0.3 is 5.73 Å². The van der Waals surface area contributed by atoms with Crippen LogP contribution >= 0.6 is 11.6 Å². The molecule has 2 N–H and O–H groups in total. The zero-order valence-corrected chi connectivity index (χ0v) is 7.94. The third-order valence-corrected chi connectivity index (χ3v) is 2.06. The number of nitrogens with two attached hydrogens (primary N) is 1. The van der Waals surface area contributed by atoms with Crippen LogP contribution in [0.5, 0.6) is 0 Å². The van der Waals surface area contributed by atoms with Gasteiger partial charge in [-0.05, 0) is 36.2 Å². The summed E-state index contributed by atoms with van der Waals surface area (Å²) in [5, 5.41) is 0.121. The Labute approximate surface area is 82.0 Å². The van der Waals surface area contributed by atoms with E-state index in [-0.39, 0.29) is 5.02 Å². The first kappa shape index (κ1) is 10.2. The predicted octanol–water partition coefficient (Wildman–Crippen LogP) is 2.84. The largest absolute Gasteiger partial charge is 0.330 e. The minimum Gasteiger partial charge on any atom is -0.330 e. The highest BCUT2D eigenvalue weighted by Crippen LogP contribution is 2.21. The van der Waals surface area contributed by atoms with Crippen LogP contribution in [0.2, 0.25) is 5.02 Å². The van der Waals surface area contributed by atoms with Crippen LogP contribution in [0.25, 0.3) is 5.57 Å². The average molecular weight is 200 g/mol. The van der Waals surface area contributed by atoms with E-state index in [0.29, 0.717) is 13.0 Å². The van der Waals surface area contributed by atoms with E-state index in [4.69, 9.17) is 17.3 Å². The normalized spacial score (nSPS) is 10.1. The van der Waals surface area contributed by atoms with E-state index in [0.717, 1.165) is 11.1 Å². The van der Waals surface area contributed by atoms with E-state index >= 15 is 0 Å². The van der Waals surface area contributed by atoms with Crippen LogP contribution in [-0.4, -0.2) is 6.54 Å². The maximum absolute atomic E-state index is 12.8. The second kappa shape index (κ2) is 4.40. The van der Waals surface area contributed by atoms with Gasteiger partial charge in [-0.15, -0.1) is 0 Å². The van der Waals surface area contributed by atoms with E-state index in [1.165, 1.54) is 6.07 Å². The van der Waals surface area contributed by atoms with Crippen molar-refractivity contribution in [3.63, 3.8) is 0 Å². The summed E-state index contributed by atoms with van der Waals surface area (Å²) in [5.74, 6) is -0.411. The number of rotatable bonds is 3. The van der Waals surface area contributed by atoms with E-state index in [1.807, 2.05) is 0 Å². The molecule has 0 aliphatic carbocycles. The SMILES string of the molecule is C=C(CCN)c1ccc(F)c(Cl)c1. The first-order valence-corrected chi connectivity index (χ1v) is 4.36. The Bertz CT molecular complexity index is 323. The van der Waals surface area contributed by atoms with Crippen molar-refractivity contribution in [2.24, 2.45) is 5.73 Å². The molecule has 13 heavy (non-hydrogen) atoms. The van der Waals surface area contributed by atoms with Crippen LogP contribution in [0, 0.1) is 5.82 Å². The van der Waals surface area contributed by atoms with Gasteiger partial charge in [-0.1, -0.05) is 24.2 Å². The number of hydrogen-bond acceptors (Lipinski definition) is 1. The second-order valence-electron chi connectivity index (χ2n) is 2.77. The Kier molecular flexibility index (Phi) is 3.46. The van der Waals surface area contributed by atoms with Gasteiger partial charge in [-0.25, -0.2) is 4.39 Å². The predicted molar refractivity (Wildman–Crippen MR) is 54.1 cm³/mol. The quantitative estimate of drug-likeness (QED) is 0.796. The van der Waals surface area contributed by atoms with Crippen LogP contribution < -0.4 is 5.73 Å². The summed E-state index contributed by atoms with van der Waals surface area (Å²) < 4.78 is 12.8. The first-order chi connectivity index (χ1) is 6.15. The Morgan fingerprint density at radius 1 is 1.54 bits per heavy atom. The highest BCUT2D eigenvalue weighted by Gasteiger charge is 2.02. The maximum atomic E-state index is 12.8. The van der Waals surface area contributed by atoms with Crippen molar-refractivity contribution in [1.82, 2.24) is 0 Å². The Balaban J connectivity index is 2.90. The number of benzene rings is 1. The van der Waals surface area contributed by atoms with Gasteiger partial charge in [0, 0.05) is 0 Å². The third kappa shape index (κ3) is 2.54. The van der Waals surface area contributed by atoms with Crippen molar-refractivity contribution in [3.8, 4) is 0 Å². The van der Waals surface area contributed by atoms with Crippen LogP contribution in [0.15, 0.2) is 24.8 Å². The lowest BCUT2D eigenvalue weighted by molar-refractivity contribution is 0.628. The summed E-state index contributed by atoms with van der Waals surface area (Å²) in [6.45, 7) is 4.36. The molecule has 0 unspecified atom stereocenters. The van der Waals surface area contributed by atoms with Crippen molar-refractivity contribution in [2.45, 2.75) is 6.42 Å². The summed E-state index contributed by atoms with van der Waals surface area (Å²) in [7, 11) is 0. The van der Waals surface area contributed by atoms with Gasteiger partial charge in [0.2, 0.25) is 0 Å². The Hall–Kier alpha value is -0.860. The Morgan fingerprint density at radius 3 is 2.77 bits per heavy atom. The van der Waals surface area contributed by atoms with Crippen LogP contribution in [-0.2, 0) is 0 Å². The lowest BCUT2D eigenvalue weighted by Gasteiger charge is -2.04. The van der Waals surface area contributed by atoms with Gasteiger partial charge in [0.1, 0.15) is 5.82 Å². The zero-order valence-electron chi connectivity index (χ0n) is 7.19. The molecular formula is C10H11ClFN. The fourth-order valence-corrected chi connectivity index (χ4v) is 1.22. The molecule has 0 aromatic heterocycles. The summed E-state index contributed by atoms with van der Waals surface area (Å²) in [4.78, 5) is 0. The van der Waals surface area contributed by atoms with Crippen molar-refractivity contribution >= 4 is 17.2 Å². The van der Waals surface area contributed by atoms with Gasteiger partial charge in [0.15, 0.2) is 0 Å². The summed E-state index contributed by atoms with van der Waals surface area (Å²) in [6.07, 6.45) is 0.696. The van der Waals surface area contributed by atoms with Gasteiger partial charge in [0.25, 0.3) is 0 Å². The van der Waals surface area contributed by atoms with E-state index < -0.39 is 5.82 Å². The molecule has 0 bridgehead atoms. The molecule has 1 rings (SSSR count).